The van der Waals surface area contributed by atoms with Gasteiger partial charge in [-0.15, -0.1) is 0 Å². The number of carbonyl (C=O) groups excluding carboxylic acids is 1. The topological polar surface area (TPSA) is 87.8 Å². The number of ketones is 1. The van der Waals surface area contributed by atoms with Gasteiger partial charge >= 0.3 is 0 Å². The Morgan fingerprint density at radius 1 is 0.917 bits per heavy atom. The third-order valence-electron chi connectivity index (χ3n) is 3.09. The Hall–Kier alpha value is -0.610. The van der Waals surface area contributed by atoms with Gasteiger partial charge < -0.3 is 28.4 Å². The summed E-state index contributed by atoms with van der Waals surface area (Å²) in [5.41, 5.74) is 0. The molecule has 0 spiro atoms. The first-order valence-corrected chi connectivity index (χ1v) is 8.55. The van der Waals surface area contributed by atoms with Crippen LogP contribution in [0.15, 0.2) is 0 Å². The molecule has 0 aromatic rings. The Morgan fingerprint density at radius 2 is 1.46 bits per heavy atom. The molecule has 0 aromatic heterocycles. The summed E-state index contributed by atoms with van der Waals surface area (Å²) >= 11 is 0. The molecule has 0 saturated carbocycles. The molecule has 8 nitrogen and oxygen atoms in total. The molecule has 2 atom stereocenters. The Balaban J connectivity index is 1.66. The smallest absolute Gasteiger partial charge is 0.199 e. The molecule has 0 amide bonds. The Morgan fingerprint density at radius 3 is 2.00 bits per heavy atom. The van der Waals surface area contributed by atoms with Gasteiger partial charge in [0.1, 0.15) is 5.78 Å². The van der Waals surface area contributed by atoms with E-state index < -0.39 is 0 Å². The second-order valence-corrected chi connectivity index (χ2v) is 5.24. The van der Waals surface area contributed by atoms with Crippen molar-refractivity contribution in [1.29, 1.82) is 0 Å². The van der Waals surface area contributed by atoms with Crippen molar-refractivity contribution >= 4 is 5.78 Å². The summed E-state index contributed by atoms with van der Waals surface area (Å²) in [5, 5.41) is 3.17. The molecule has 0 radical (unpaired) electrons. The van der Waals surface area contributed by atoms with Crippen molar-refractivity contribution in [2.24, 2.45) is 0 Å². The molecule has 1 aliphatic heterocycles. The first kappa shape index (κ1) is 21.4. The minimum atomic E-state index is -0.0992. The fraction of sp³-hybridized carbons (Fsp3) is 0.938. The third-order valence-corrected chi connectivity index (χ3v) is 3.09. The van der Waals surface area contributed by atoms with Gasteiger partial charge in [0.2, 0.25) is 0 Å². The molecule has 1 rings (SSSR count). The third kappa shape index (κ3) is 12.8. The molecule has 1 fully saturated rings. The van der Waals surface area contributed by atoms with Crippen LogP contribution in [-0.2, 0) is 33.2 Å². The molecule has 2 unspecified atom stereocenters. The first-order chi connectivity index (χ1) is 11.7. The molecular formula is C16H31NO7. The molecule has 0 aromatic carbocycles. The van der Waals surface area contributed by atoms with Crippen molar-refractivity contribution in [1.82, 2.24) is 5.32 Å². The number of nitrogens with one attached hydrogen (secondary N) is 1. The Bertz CT molecular complexity index is 317. The lowest BCUT2D eigenvalue weighted by atomic mass is 10.3. The zero-order valence-corrected chi connectivity index (χ0v) is 14.8. The normalized spacial score (nSPS) is 19.6. The van der Waals surface area contributed by atoms with Gasteiger partial charge in [-0.05, 0) is 13.8 Å². The van der Waals surface area contributed by atoms with Crippen LogP contribution >= 0.6 is 0 Å². The monoisotopic (exact) mass is 349 g/mol. The first-order valence-electron chi connectivity index (χ1n) is 8.55. The quantitative estimate of drug-likeness (QED) is 0.280. The van der Waals surface area contributed by atoms with Crippen molar-refractivity contribution in [2.75, 3.05) is 66.0 Å². The summed E-state index contributed by atoms with van der Waals surface area (Å²) in [5.74, 6) is 0.137. The zero-order valence-electron chi connectivity index (χ0n) is 14.8. The molecule has 1 heterocycles. The van der Waals surface area contributed by atoms with E-state index in [1.807, 2.05) is 6.92 Å². The van der Waals surface area contributed by atoms with E-state index in [2.05, 4.69) is 5.32 Å². The van der Waals surface area contributed by atoms with Gasteiger partial charge in [-0.1, -0.05) is 0 Å². The number of hydrogen-bond donors (Lipinski definition) is 1. The van der Waals surface area contributed by atoms with Gasteiger partial charge in [0, 0.05) is 19.6 Å². The fourth-order valence-electron chi connectivity index (χ4n) is 1.79. The van der Waals surface area contributed by atoms with Crippen LogP contribution in [0.2, 0.25) is 0 Å². The lowest BCUT2D eigenvalue weighted by Crippen LogP contribution is -2.25. The SMILES string of the molecule is CCOC1OC1NCCOCCOCCOCCOCCC(C)=O. The number of rotatable bonds is 18. The van der Waals surface area contributed by atoms with Crippen molar-refractivity contribution in [3.05, 3.63) is 0 Å². The molecule has 1 saturated heterocycles. The van der Waals surface area contributed by atoms with Crippen LogP contribution < -0.4 is 5.32 Å². The van der Waals surface area contributed by atoms with Crippen molar-refractivity contribution < 1.29 is 33.2 Å². The minimum absolute atomic E-state index is 0.00777. The molecule has 0 aliphatic carbocycles. The van der Waals surface area contributed by atoms with Gasteiger partial charge in [0.05, 0.1) is 52.9 Å². The number of carbonyl (C=O) groups is 1. The maximum absolute atomic E-state index is 10.7. The summed E-state index contributed by atoms with van der Waals surface area (Å²) in [6.07, 6.45) is 0.366. The molecule has 8 heteroatoms. The summed E-state index contributed by atoms with van der Waals surface area (Å²) < 4.78 is 31.9. The highest BCUT2D eigenvalue weighted by Crippen LogP contribution is 2.19. The Kier molecular flexibility index (Phi) is 13.1. The standard InChI is InChI=1S/C16H31NO7/c1-3-23-16-15(24-16)17-5-7-20-9-11-22-13-12-21-10-8-19-6-4-14(2)18/h15-17H,3-13H2,1-2H3. The van der Waals surface area contributed by atoms with Gasteiger partial charge in [0.15, 0.2) is 12.5 Å². The van der Waals surface area contributed by atoms with Gasteiger partial charge in [-0.25, -0.2) is 0 Å². The van der Waals surface area contributed by atoms with Crippen LogP contribution in [0, 0.1) is 0 Å². The van der Waals surface area contributed by atoms with E-state index in [-0.39, 0.29) is 18.3 Å². The average molecular weight is 349 g/mol. The van der Waals surface area contributed by atoms with Crippen molar-refractivity contribution in [2.45, 2.75) is 32.8 Å². The highest BCUT2D eigenvalue weighted by molar-refractivity contribution is 5.75. The van der Waals surface area contributed by atoms with Gasteiger partial charge in [-0.3, -0.25) is 10.1 Å². The van der Waals surface area contributed by atoms with E-state index in [1.165, 1.54) is 0 Å². The minimum Gasteiger partial charge on any atom is -0.379 e. The second kappa shape index (κ2) is 14.7. The molecule has 142 valence electrons. The van der Waals surface area contributed by atoms with Gasteiger partial charge in [-0.2, -0.15) is 0 Å². The predicted octanol–water partition coefficient (Wildman–Crippen LogP) is 0.340. The van der Waals surface area contributed by atoms with Crippen LogP contribution in [0.3, 0.4) is 0 Å². The lowest BCUT2D eigenvalue weighted by Gasteiger charge is -2.07. The summed E-state index contributed by atoms with van der Waals surface area (Å²) in [6, 6.07) is 0. The van der Waals surface area contributed by atoms with Crippen LogP contribution in [0.4, 0.5) is 0 Å². The highest BCUT2D eigenvalue weighted by atomic mass is 16.8. The van der Waals surface area contributed by atoms with E-state index in [0.717, 1.165) is 6.54 Å². The zero-order chi connectivity index (χ0) is 17.5. The number of Topliss-reactive ketones (excluding diaryl/α,β-unsaturated/α-hetero) is 1. The van der Waals surface area contributed by atoms with Crippen molar-refractivity contribution in [3.8, 4) is 0 Å². The van der Waals surface area contributed by atoms with E-state index in [1.54, 1.807) is 6.92 Å². The molecule has 0 bridgehead atoms. The lowest BCUT2D eigenvalue weighted by molar-refractivity contribution is -0.118. The molecule has 1 N–H and O–H groups in total. The van der Waals surface area contributed by atoms with Crippen LogP contribution in [0.1, 0.15) is 20.3 Å². The van der Waals surface area contributed by atoms with Crippen LogP contribution in [0.5, 0.6) is 0 Å². The van der Waals surface area contributed by atoms with E-state index >= 15 is 0 Å². The largest absolute Gasteiger partial charge is 0.379 e. The second-order valence-electron chi connectivity index (χ2n) is 5.24. The predicted molar refractivity (Wildman–Crippen MR) is 86.9 cm³/mol. The van der Waals surface area contributed by atoms with E-state index in [0.29, 0.717) is 65.9 Å². The average Bonchev–Trinajstić information content (AvgIpc) is 3.29. The summed E-state index contributed by atoms with van der Waals surface area (Å²) in [4.78, 5) is 10.7. The van der Waals surface area contributed by atoms with Gasteiger partial charge in [0.25, 0.3) is 0 Å². The van der Waals surface area contributed by atoms with E-state index in [9.17, 15) is 4.79 Å². The fourth-order valence-corrected chi connectivity index (χ4v) is 1.79. The number of hydrogen-bond acceptors (Lipinski definition) is 8. The maximum atomic E-state index is 10.7. The molecular weight excluding hydrogens is 318 g/mol. The number of epoxide rings is 1. The van der Waals surface area contributed by atoms with E-state index in [4.69, 9.17) is 28.4 Å². The molecule has 24 heavy (non-hydrogen) atoms. The highest BCUT2D eigenvalue weighted by Gasteiger charge is 2.39. The summed E-state index contributed by atoms with van der Waals surface area (Å²) in [6.45, 7) is 9.10. The molecule has 1 aliphatic rings. The van der Waals surface area contributed by atoms with Crippen molar-refractivity contribution in [3.63, 3.8) is 0 Å². The maximum Gasteiger partial charge on any atom is 0.199 e. The van der Waals surface area contributed by atoms with Crippen LogP contribution in [-0.4, -0.2) is 84.3 Å². The Labute approximate surface area is 144 Å². The number of ether oxygens (including phenoxy) is 6. The van der Waals surface area contributed by atoms with Crippen LogP contribution in [0.25, 0.3) is 0 Å². The summed E-state index contributed by atoms with van der Waals surface area (Å²) in [7, 11) is 0.